The molecular formula is C7H13Cl3O3. The van der Waals surface area contributed by atoms with E-state index in [1.54, 1.807) is 0 Å². The molecule has 13 heavy (non-hydrogen) atoms. The van der Waals surface area contributed by atoms with E-state index < -0.39 is 11.4 Å². The van der Waals surface area contributed by atoms with Crippen LogP contribution in [0.25, 0.3) is 0 Å². The molecule has 0 aromatic carbocycles. The maximum absolute atomic E-state index is 9.10. The average molecular weight is 252 g/mol. The minimum atomic E-state index is -2.83. The van der Waals surface area contributed by atoms with Gasteiger partial charge in [-0.25, -0.2) is 0 Å². The van der Waals surface area contributed by atoms with Gasteiger partial charge < -0.3 is 15.3 Å². The van der Waals surface area contributed by atoms with Crippen LogP contribution < -0.4 is 0 Å². The van der Waals surface area contributed by atoms with E-state index in [0.717, 1.165) is 0 Å². The van der Waals surface area contributed by atoms with Gasteiger partial charge in [0.05, 0.1) is 5.41 Å². The zero-order chi connectivity index (χ0) is 10.5. The van der Waals surface area contributed by atoms with Crippen LogP contribution in [0.15, 0.2) is 0 Å². The molecule has 0 spiro atoms. The van der Waals surface area contributed by atoms with Crippen LogP contribution in [0.5, 0.6) is 0 Å². The second kappa shape index (κ2) is 5.59. The molecule has 0 saturated carbocycles. The van der Waals surface area contributed by atoms with Crippen LogP contribution in [0.2, 0.25) is 0 Å². The van der Waals surface area contributed by atoms with Gasteiger partial charge in [-0.3, -0.25) is 0 Å². The number of rotatable bonds is 6. The number of halogens is 3. The molecule has 0 heterocycles. The molecule has 0 fully saturated rings. The molecule has 0 atom stereocenters. The molecule has 3 N–H and O–H groups in total. The molecule has 0 rings (SSSR count). The molecular weight excluding hydrogens is 238 g/mol. The van der Waals surface area contributed by atoms with Crippen molar-refractivity contribution in [2.45, 2.75) is 18.8 Å². The fraction of sp³-hybridized carbons (Fsp3) is 1.00. The zero-order valence-corrected chi connectivity index (χ0v) is 9.28. The lowest BCUT2D eigenvalue weighted by Gasteiger charge is -2.37. The highest BCUT2D eigenvalue weighted by atomic mass is 35.5. The van der Waals surface area contributed by atoms with Crippen molar-refractivity contribution in [3.63, 3.8) is 0 Å². The largest absolute Gasteiger partial charge is 0.343 e. The lowest BCUT2D eigenvalue weighted by molar-refractivity contribution is -0.371. The highest BCUT2D eigenvalue weighted by Gasteiger charge is 2.47. The van der Waals surface area contributed by atoms with Crippen molar-refractivity contribution in [2.24, 2.45) is 5.41 Å². The first-order valence-corrected chi connectivity index (χ1v) is 5.39. The van der Waals surface area contributed by atoms with Crippen molar-refractivity contribution >= 4 is 34.8 Å². The number of aliphatic hydroxyl groups is 3. The molecule has 0 aliphatic heterocycles. The van der Waals surface area contributed by atoms with E-state index in [9.17, 15) is 0 Å². The van der Waals surface area contributed by atoms with Gasteiger partial charge in [-0.1, -0.05) is 0 Å². The molecule has 0 aromatic heterocycles. The van der Waals surface area contributed by atoms with Crippen molar-refractivity contribution in [3.8, 4) is 0 Å². The van der Waals surface area contributed by atoms with Crippen LogP contribution in [0.3, 0.4) is 0 Å². The molecule has 3 nitrogen and oxygen atoms in total. The van der Waals surface area contributed by atoms with Crippen LogP contribution in [0.4, 0.5) is 0 Å². The molecule has 0 radical (unpaired) electrons. The van der Waals surface area contributed by atoms with E-state index in [-0.39, 0.29) is 30.5 Å². The van der Waals surface area contributed by atoms with Crippen molar-refractivity contribution in [1.82, 2.24) is 0 Å². The maximum atomic E-state index is 9.10. The number of alkyl halides is 3. The molecule has 0 amide bonds. The molecule has 80 valence electrons. The van der Waals surface area contributed by atoms with Gasteiger partial charge in [0.15, 0.2) is 0 Å². The van der Waals surface area contributed by atoms with Crippen LogP contribution >= 0.6 is 34.8 Å². The lowest BCUT2D eigenvalue weighted by atomic mass is 9.81. The van der Waals surface area contributed by atoms with Gasteiger partial charge >= 0.3 is 0 Å². The van der Waals surface area contributed by atoms with Gasteiger partial charge in [-0.05, 0) is 12.8 Å². The molecule has 0 aliphatic carbocycles. The smallest absolute Gasteiger partial charge is 0.282 e. The summed E-state index contributed by atoms with van der Waals surface area (Å²) in [7, 11) is 0. The minimum absolute atomic E-state index is 0.115. The summed E-state index contributed by atoms with van der Waals surface area (Å²) in [5, 5.41) is 27.3. The lowest BCUT2D eigenvalue weighted by Crippen LogP contribution is -2.50. The number of hydrogen-bond donors (Lipinski definition) is 3. The van der Waals surface area contributed by atoms with E-state index in [4.69, 9.17) is 50.1 Å². The molecule has 0 unspecified atom stereocenters. The molecule has 0 saturated heterocycles. The van der Waals surface area contributed by atoms with Gasteiger partial charge in [0.25, 0.3) is 5.97 Å². The van der Waals surface area contributed by atoms with E-state index in [1.165, 1.54) is 0 Å². The maximum Gasteiger partial charge on any atom is 0.282 e. The predicted octanol–water partition coefficient (Wildman–Crippen LogP) is 1.10. The first-order valence-electron chi connectivity index (χ1n) is 3.78. The van der Waals surface area contributed by atoms with E-state index in [1.807, 2.05) is 0 Å². The number of hydrogen-bond acceptors (Lipinski definition) is 3. The topological polar surface area (TPSA) is 60.7 Å². The third-order valence-corrected chi connectivity index (χ3v) is 3.00. The standard InChI is InChI=1S/C7H13Cl3O3/c8-3-1-6(5-10,2-4-9)7(11,12)13/h11-13H,1-5H2. The molecule has 0 aliphatic rings. The van der Waals surface area contributed by atoms with Crippen molar-refractivity contribution in [3.05, 3.63) is 0 Å². The summed E-state index contributed by atoms with van der Waals surface area (Å²) in [5.41, 5.74) is -1.25. The van der Waals surface area contributed by atoms with Gasteiger partial charge in [0.2, 0.25) is 0 Å². The highest BCUT2D eigenvalue weighted by molar-refractivity contribution is 6.19. The highest BCUT2D eigenvalue weighted by Crippen LogP contribution is 2.37. The van der Waals surface area contributed by atoms with Crippen LogP contribution in [0.1, 0.15) is 12.8 Å². The molecule has 0 bridgehead atoms. The summed E-state index contributed by atoms with van der Waals surface area (Å²) in [5.74, 6) is -2.60. The average Bonchev–Trinajstić information content (AvgIpc) is 2.02. The normalized spacial score (nSPS) is 13.4. The molecule has 6 heteroatoms. The Bertz CT molecular complexity index is 140. The Kier molecular flexibility index (Phi) is 5.91. The van der Waals surface area contributed by atoms with Crippen molar-refractivity contribution in [1.29, 1.82) is 0 Å². The fourth-order valence-corrected chi connectivity index (χ4v) is 2.22. The van der Waals surface area contributed by atoms with Crippen LogP contribution in [-0.2, 0) is 0 Å². The Morgan fingerprint density at radius 2 is 1.23 bits per heavy atom. The summed E-state index contributed by atoms with van der Waals surface area (Å²) in [6, 6.07) is 0. The third kappa shape index (κ3) is 3.42. The third-order valence-electron chi connectivity index (χ3n) is 2.11. The summed E-state index contributed by atoms with van der Waals surface area (Å²) in [6.45, 7) is 0. The molecule has 0 aromatic rings. The first kappa shape index (κ1) is 13.8. The Hall–Kier alpha value is 0.750. The SMILES string of the molecule is OC(O)(O)C(CCl)(CCCl)CCCl. The zero-order valence-electron chi connectivity index (χ0n) is 7.01. The fourth-order valence-electron chi connectivity index (χ4n) is 1.05. The van der Waals surface area contributed by atoms with Crippen molar-refractivity contribution < 1.29 is 15.3 Å². The summed E-state index contributed by atoms with van der Waals surface area (Å²) >= 11 is 16.5. The van der Waals surface area contributed by atoms with Crippen LogP contribution in [-0.4, -0.2) is 38.9 Å². The minimum Gasteiger partial charge on any atom is -0.343 e. The van der Waals surface area contributed by atoms with Gasteiger partial charge in [0, 0.05) is 17.6 Å². The van der Waals surface area contributed by atoms with Crippen molar-refractivity contribution in [2.75, 3.05) is 17.6 Å². The predicted molar refractivity (Wildman–Crippen MR) is 53.2 cm³/mol. The summed E-state index contributed by atoms with van der Waals surface area (Å²) in [4.78, 5) is 0. The Morgan fingerprint density at radius 3 is 1.38 bits per heavy atom. The summed E-state index contributed by atoms with van der Waals surface area (Å²) in [6.07, 6.45) is 0.378. The quantitative estimate of drug-likeness (QED) is 0.489. The first-order chi connectivity index (χ1) is 5.93. The Morgan fingerprint density at radius 1 is 0.846 bits per heavy atom. The van der Waals surface area contributed by atoms with Gasteiger partial charge in [-0.2, -0.15) is 0 Å². The van der Waals surface area contributed by atoms with Gasteiger partial charge in [0.1, 0.15) is 0 Å². The van der Waals surface area contributed by atoms with Crippen LogP contribution in [0, 0.1) is 5.41 Å². The van der Waals surface area contributed by atoms with Gasteiger partial charge in [-0.15, -0.1) is 34.8 Å². The Balaban J connectivity index is 4.64. The second-order valence-electron chi connectivity index (χ2n) is 2.93. The summed E-state index contributed by atoms with van der Waals surface area (Å²) < 4.78 is 0. The van der Waals surface area contributed by atoms with E-state index in [0.29, 0.717) is 0 Å². The second-order valence-corrected chi connectivity index (χ2v) is 3.95. The van der Waals surface area contributed by atoms with E-state index in [2.05, 4.69) is 0 Å². The monoisotopic (exact) mass is 250 g/mol. The Labute approximate surface area is 92.2 Å². The van der Waals surface area contributed by atoms with E-state index >= 15 is 0 Å².